The van der Waals surface area contributed by atoms with E-state index in [1.807, 2.05) is 0 Å². The molecule has 2 aromatic heterocycles. The third-order valence-corrected chi connectivity index (χ3v) is 6.26. The lowest BCUT2D eigenvalue weighted by molar-refractivity contribution is -0.139. The van der Waals surface area contributed by atoms with E-state index in [1.54, 1.807) is 42.2 Å². The van der Waals surface area contributed by atoms with Crippen molar-refractivity contribution in [3.05, 3.63) is 72.1 Å². The average Bonchev–Trinajstić information content (AvgIpc) is 3.59. The molecule has 212 valence electrons. The summed E-state index contributed by atoms with van der Waals surface area (Å²) in [7, 11) is 1.80. The molecule has 0 aliphatic carbocycles. The average molecular weight is 567 g/mol. The number of rotatable bonds is 9. The van der Waals surface area contributed by atoms with Gasteiger partial charge in [-0.3, -0.25) is 10.2 Å². The highest BCUT2D eigenvalue weighted by atomic mass is 19.1. The van der Waals surface area contributed by atoms with Crippen molar-refractivity contribution in [2.45, 2.75) is 18.6 Å². The van der Waals surface area contributed by atoms with E-state index >= 15 is 8.78 Å². The van der Waals surface area contributed by atoms with Crippen LogP contribution in [0.5, 0.6) is 34.8 Å². The Kier molecular flexibility index (Phi) is 7.40. The molecule has 0 spiro atoms. The molecule has 0 amide bonds. The van der Waals surface area contributed by atoms with E-state index in [9.17, 15) is 15.0 Å². The molecule has 1 saturated heterocycles. The quantitative estimate of drug-likeness (QED) is 0.149. The van der Waals surface area contributed by atoms with Crippen LogP contribution >= 0.6 is 0 Å². The van der Waals surface area contributed by atoms with Crippen molar-refractivity contribution < 1.29 is 38.0 Å². The molecule has 0 radical (unpaired) electrons. The van der Waals surface area contributed by atoms with Crippen molar-refractivity contribution in [1.82, 2.24) is 19.9 Å². The first-order chi connectivity index (χ1) is 19.6. The number of carboxylic acids is 1. The number of nitrogens with two attached hydrogens (primary N) is 1. The second-order valence-electron chi connectivity index (χ2n) is 9.14. The SMILES string of the molecule is Cn1ccnc1-c1cccc(Oc2nc(Oc3cc(C(=N)N)ccc3O)c(F)c(OC3CNC(C(=O)O)C3)c2F)c1. The lowest BCUT2D eigenvalue weighted by atomic mass is 10.2. The summed E-state index contributed by atoms with van der Waals surface area (Å²) in [5.74, 6) is -6.57. The van der Waals surface area contributed by atoms with E-state index in [1.165, 1.54) is 24.3 Å². The van der Waals surface area contributed by atoms with Crippen LogP contribution in [0.15, 0.2) is 54.9 Å². The van der Waals surface area contributed by atoms with Crippen molar-refractivity contribution in [3.8, 4) is 46.1 Å². The molecule has 41 heavy (non-hydrogen) atoms. The molecular formula is C27H24F2N6O6. The van der Waals surface area contributed by atoms with E-state index in [0.717, 1.165) is 0 Å². The number of ether oxygens (including phenoxy) is 3. The van der Waals surface area contributed by atoms with Crippen molar-refractivity contribution in [1.29, 1.82) is 5.41 Å². The molecule has 2 unspecified atom stereocenters. The number of aliphatic carboxylic acids is 1. The Morgan fingerprint density at radius 2 is 1.93 bits per heavy atom. The van der Waals surface area contributed by atoms with Gasteiger partial charge in [0.25, 0.3) is 11.8 Å². The molecule has 4 aromatic rings. The van der Waals surface area contributed by atoms with Gasteiger partial charge in [-0.25, -0.2) is 4.98 Å². The zero-order valence-corrected chi connectivity index (χ0v) is 21.5. The summed E-state index contributed by atoms with van der Waals surface area (Å²) >= 11 is 0. The van der Waals surface area contributed by atoms with Gasteiger partial charge in [0.1, 0.15) is 29.6 Å². The minimum atomic E-state index is -1.36. The highest BCUT2D eigenvalue weighted by Crippen LogP contribution is 2.40. The number of aromatic nitrogens is 3. The monoisotopic (exact) mass is 566 g/mol. The molecule has 0 saturated carbocycles. The second kappa shape index (κ2) is 11.1. The van der Waals surface area contributed by atoms with Crippen LogP contribution in [0.2, 0.25) is 0 Å². The molecular weight excluding hydrogens is 542 g/mol. The van der Waals surface area contributed by atoms with Gasteiger partial charge in [-0.1, -0.05) is 12.1 Å². The summed E-state index contributed by atoms with van der Waals surface area (Å²) in [6, 6.07) is 9.27. The van der Waals surface area contributed by atoms with Crippen LogP contribution in [-0.2, 0) is 11.8 Å². The molecule has 14 heteroatoms. The van der Waals surface area contributed by atoms with E-state index in [0.29, 0.717) is 11.4 Å². The van der Waals surface area contributed by atoms with E-state index < -0.39 is 53.0 Å². The van der Waals surface area contributed by atoms with Crippen molar-refractivity contribution in [3.63, 3.8) is 0 Å². The number of aryl methyl sites for hydroxylation is 1. The largest absolute Gasteiger partial charge is 0.504 e. The summed E-state index contributed by atoms with van der Waals surface area (Å²) in [6.07, 6.45) is 2.40. The Hall–Kier alpha value is -5.24. The number of nitrogens with one attached hydrogen (secondary N) is 2. The number of carbonyl (C=O) groups is 1. The first kappa shape index (κ1) is 27.3. The molecule has 5 rings (SSSR count). The number of nitrogens with zero attached hydrogens (tertiary/aromatic N) is 3. The van der Waals surface area contributed by atoms with Crippen LogP contribution in [0.1, 0.15) is 12.0 Å². The van der Waals surface area contributed by atoms with E-state index in [4.69, 9.17) is 25.4 Å². The molecule has 1 aliphatic rings. The van der Waals surface area contributed by atoms with Gasteiger partial charge in [0.2, 0.25) is 17.4 Å². The lowest BCUT2D eigenvalue weighted by Gasteiger charge is -2.18. The third-order valence-electron chi connectivity index (χ3n) is 6.26. The standard InChI is InChI=1S/C27H24F2N6O6/c1-35-8-7-32-24(35)14-3-2-4-15(9-14)40-25-20(28)22(39-16-11-17(27(37)38)33-12-16)21(29)26(34-25)41-19-10-13(23(30)31)5-6-18(19)36/h2-10,16-17,33,36H,11-12H2,1H3,(H3,30,31)(H,37,38). The van der Waals surface area contributed by atoms with Gasteiger partial charge in [0.05, 0.1) is 0 Å². The molecule has 3 heterocycles. The first-order valence-electron chi connectivity index (χ1n) is 12.2. The van der Waals surface area contributed by atoms with Gasteiger partial charge >= 0.3 is 5.97 Å². The number of hydrogen-bond acceptors (Lipinski definition) is 9. The number of hydrogen-bond donors (Lipinski definition) is 5. The van der Waals surface area contributed by atoms with Gasteiger partial charge in [0.15, 0.2) is 11.5 Å². The van der Waals surface area contributed by atoms with Crippen LogP contribution in [0, 0.1) is 17.0 Å². The predicted molar refractivity (Wildman–Crippen MR) is 141 cm³/mol. The maximum atomic E-state index is 15.7. The number of aromatic hydroxyl groups is 1. The molecule has 12 nitrogen and oxygen atoms in total. The first-order valence-corrected chi connectivity index (χ1v) is 12.2. The number of phenolic OH excluding ortho intramolecular Hbond substituents is 1. The van der Waals surface area contributed by atoms with Gasteiger partial charge < -0.3 is 40.0 Å². The summed E-state index contributed by atoms with van der Waals surface area (Å²) in [5.41, 5.74) is 6.31. The summed E-state index contributed by atoms with van der Waals surface area (Å²) in [4.78, 5) is 19.5. The zero-order valence-electron chi connectivity index (χ0n) is 21.5. The smallest absolute Gasteiger partial charge is 0.320 e. The van der Waals surface area contributed by atoms with Crippen LogP contribution in [0.25, 0.3) is 11.4 Å². The number of carboxylic acid groups (broad SMARTS) is 1. The van der Waals surface area contributed by atoms with Gasteiger partial charge in [0, 0.05) is 43.5 Å². The third kappa shape index (κ3) is 5.72. The molecule has 6 N–H and O–H groups in total. The number of nitrogen functional groups attached to an aromatic ring is 1. The van der Waals surface area contributed by atoms with Crippen molar-refractivity contribution in [2.24, 2.45) is 12.8 Å². The number of halogens is 2. The number of benzene rings is 2. The van der Waals surface area contributed by atoms with Crippen LogP contribution in [-0.4, -0.2) is 55.2 Å². The lowest BCUT2D eigenvalue weighted by Crippen LogP contribution is -2.30. The normalized spacial score (nSPS) is 16.4. The van der Waals surface area contributed by atoms with Crippen LogP contribution in [0.4, 0.5) is 8.78 Å². The Bertz CT molecular complexity index is 1640. The molecule has 1 fully saturated rings. The van der Waals surface area contributed by atoms with E-state index in [-0.39, 0.29) is 35.9 Å². The Morgan fingerprint density at radius 1 is 1.17 bits per heavy atom. The highest BCUT2D eigenvalue weighted by molar-refractivity contribution is 5.95. The molecule has 2 atom stereocenters. The Morgan fingerprint density at radius 3 is 2.59 bits per heavy atom. The summed E-state index contributed by atoms with van der Waals surface area (Å²) in [6.45, 7) is 0.0116. The Labute approximate surface area is 231 Å². The summed E-state index contributed by atoms with van der Waals surface area (Å²) in [5, 5.41) is 29.8. The van der Waals surface area contributed by atoms with Gasteiger partial charge in [-0.05, 0) is 30.3 Å². The number of imidazole rings is 1. The predicted octanol–water partition coefficient (Wildman–Crippen LogP) is 3.53. The number of phenols is 1. The van der Waals surface area contributed by atoms with E-state index in [2.05, 4.69) is 15.3 Å². The second-order valence-corrected chi connectivity index (χ2v) is 9.14. The maximum Gasteiger partial charge on any atom is 0.320 e. The highest BCUT2D eigenvalue weighted by Gasteiger charge is 2.34. The minimum Gasteiger partial charge on any atom is -0.504 e. The van der Waals surface area contributed by atoms with Crippen LogP contribution < -0.4 is 25.3 Å². The number of pyridine rings is 1. The fourth-order valence-corrected chi connectivity index (χ4v) is 4.19. The van der Waals surface area contributed by atoms with Crippen LogP contribution in [0.3, 0.4) is 0 Å². The number of amidine groups is 1. The zero-order chi connectivity index (χ0) is 29.3. The van der Waals surface area contributed by atoms with Gasteiger partial charge in [-0.2, -0.15) is 13.8 Å². The topological polar surface area (TPSA) is 178 Å². The van der Waals surface area contributed by atoms with Crippen molar-refractivity contribution >= 4 is 11.8 Å². The van der Waals surface area contributed by atoms with Gasteiger partial charge in [-0.15, -0.1) is 0 Å². The maximum absolute atomic E-state index is 15.7. The summed E-state index contributed by atoms with van der Waals surface area (Å²) < 4.78 is 49.8. The molecule has 1 aliphatic heterocycles. The fraction of sp³-hybridized carbons (Fsp3) is 0.185. The van der Waals surface area contributed by atoms with Crippen molar-refractivity contribution in [2.75, 3.05) is 6.54 Å². The Balaban J connectivity index is 1.54. The molecule has 2 aromatic carbocycles. The molecule has 0 bridgehead atoms. The fourth-order valence-electron chi connectivity index (χ4n) is 4.19. The minimum absolute atomic E-state index is 0.0116.